The van der Waals surface area contributed by atoms with Crippen LogP contribution in [-0.4, -0.2) is 13.2 Å². The predicted octanol–water partition coefficient (Wildman–Crippen LogP) is 6.85. The summed E-state index contributed by atoms with van der Waals surface area (Å²) in [5, 5.41) is 0. The van der Waals surface area contributed by atoms with Crippen molar-refractivity contribution in [2.75, 3.05) is 13.2 Å². The monoisotopic (exact) mass is 362 g/mol. The third-order valence-electron chi connectivity index (χ3n) is 4.87. The van der Waals surface area contributed by atoms with E-state index >= 15 is 0 Å². The lowest BCUT2D eigenvalue weighted by Gasteiger charge is -2.41. The molecule has 0 aromatic heterocycles. The molecule has 0 amide bonds. The van der Waals surface area contributed by atoms with Crippen LogP contribution < -0.4 is 0 Å². The Morgan fingerprint density at radius 1 is 1.15 bits per heavy atom. The van der Waals surface area contributed by atoms with Crippen molar-refractivity contribution in [1.29, 1.82) is 0 Å². The van der Waals surface area contributed by atoms with Crippen LogP contribution in [0.2, 0.25) is 0 Å². The zero-order chi connectivity index (χ0) is 19.7. The molecule has 2 aromatic carbocycles. The topological polar surface area (TPSA) is 9.23 Å². The summed E-state index contributed by atoms with van der Waals surface area (Å²) in [6, 6.07) is 17.3. The van der Waals surface area contributed by atoms with Crippen molar-refractivity contribution in [3.8, 4) is 23.0 Å². The summed E-state index contributed by atoms with van der Waals surface area (Å²) in [6.45, 7) is 14.1. The van der Waals surface area contributed by atoms with Crippen molar-refractivity contribution in [2.24, 2.45) is 5.41 Å². The van der Waals surface area contributed by atoms with E-state index in [0.29, 0.717) is 0 Å². The zero-order valence-corrected chi connectivity index (χ0v) is 17.3. The van der Waals surface area contributed by atoms with Crippen molar-refractivity contribution >= 4 is 0 Å². The van der Waals surface area contributed by atoms with E-state index in [1.807, 2.05) is 20.8 Å². The van der Waals surface area contributed by atoms with Crippen molar-refractivity contribution in [1.82, 2.24) is 0 Å². The van der Waals surface area contributed by atoms with Gasteiger partial charge in [-0.05, 0) is 43.4 Å². The molecular formula is C26H34O. The van der Waals surface area contributed by atoms with Gasteiger partial charge in [0, 0.05) is 13.3 Å². The molecule has 3 rings (SSSR count). The van der Waals surface area contributed by atoms with Gasteiger partial charge >= 0.3 is 0 Å². The summed E-state index contributed by atoms with van der Waals surface area (Å²) in [5.74, 6) is 6.25. The fourth-order valence-corrected chi connectivity index (χ4v) is 3.56. The average Bonchev–Trinajstić information content (AvgIpc) is 2.66. The Morgan fingerprint density at radius 3 is 2.44 bits per heavy atom. The highest BCUT2D eigenvalue weighted by atomic mass is 16.5. The Kier molecular flexibility index (Phi) is 7.89. The molecule has 0 atom stereocenters. The second-order valence-electron chi connectivity index (χ2n) is 7.23. The van der Waals surface area contributed by atoms with Crippen LogP contribution in [0, 0.1) is 24.2 Å². The SMILES string of the molecule is C=C(Cc1cc(C)ccc1-c1ccccc1)CC1(CC#CC)COC1.CC.[HH]. The van der Waals surface area contributed by atoms with Gasteiger partial charge in [-0.2, -0.15) is 0 Å². The first-order valence-electron chi connectivity index (χ1n) is 9.91. The molecule has 1 aliphatic heterocycles. The third-order valence-corrected chi connectivity index (χ3v) is 4.87. The zero-order valence-electron chi connectivity index (χ0n) is 17.3. The Morgan fingerprint density at radius 2 is 1.85 bits per heavy atom. The van der Waals surface area contributed by atoms with E-state index in [4.69, 9.17) is 4.74 Å². The van der Waals surface area contributed by atoms with Crippen LogP contribution in [0.5, 0.6) is 0 Å². The Bertz CT molecular complexity index is 807. The van der Waals surface area contributed by atoms with Gasteiger partial charge < -0.3 is 4.74 Å². The average molecular weight is 363 g/mol. The molecule has 1 heteroatoms. The fourth-order valence-electron chi connectivity index (χ4n) is 3.56. The number of rotatable bonds is 6. The number of aryl methyl sites for hydroxylation is 1. The van der Waals surface area contributed by atoms with Crippen LogP contribution in [0.1, 0.15) is 46.2 Å². The van der Waals surface area contributed by atoms with E-state index in [1.54, 1.807) is 0 Å². The standard InChI is InChI=1S/C24H26O.C2H6.H2/c1-4-5-13-24(17-25-18-24)16-20(3)15-22-14-19(2)11-12-23(22)21-9-7-6-8-10-21;1-2;/h6-12,14H,3,13,15-18H2,1-2H3;1-2H3;1H. The molecule has 0 bridgehead atoms. The van der Waals surface area contributed by atoms with Crippen LogP contribution in [0.3, 0.4) is 0 Å². The van der Waals surface area contributed by atoms with Gasteiger partial charge in [0.05, 0.1) is 13.2 Å². The molecule has 0 aliphatic carbocycles. The maximum absolute atomic E-state index is 5.49. The maximum Gasteiger partial charge on any atom is 0.0557 e. The van der Waals surface area contributed by atoms with E-state index in [2.05, 4.69) is 73.9 Å². The Labute approximate surface area is 167 Å². The van der Waals surface area contributed by atoms with Gasteiger partial charge in [-0.3, -0.25) is 0 Å². The lowest BCUT2D eigenvalue weighted by atomic mass is 9.76. The smallest absolute Gasteiger partial charge is 0.0557 e. The van der Waals surface area contributed by atoms with Gasteiger partial charge in [0.2, 0.25) is 0 Å². The molecule has 0 N–H and O–H groups in total. The summed E-state index contributed by atoms with van der Waals surface area (Å²) in [5.41, 5.74) is 6.67. The van der Waals surface area contributed by atoms with E-state index in [1.165, 1.54) is 27.8 Å². The molecule has 1 nitrogen and oxygen atoms in total. The maximum atomic E-state index is 5.49. The summed E-state index contributed by atoms with van der Waals surface area (Å²) >= 11 is 0. The summed E-state index contributed by atoms with van der Waals surface area (Å²) in [6.07, 6.45) is 2.80. The summed E-state index contributed by atoms with van der Waals surface area (Å²) in [4.78, 5) is 0. The van der Waals surface area contributed by atoms with Gasteiger partial charge in [-0.25, -0.2) is 0 Å². The molecule has 1 heterocycles. The van der Waals surface area contributed by atoms with Crippen molar-refractivity contribution in [3.63, 3.8) is 0 Å². The highest BCUT2D eigenvalue weighted by molar-refractivity contribution is 5.68. The number of hydrogen-bond donors (Lipinski definition) is 0. The first kappa shape index (κ1) is 21.0. The van der Waals surface area contributed by atoms with Crippen LogP contribution in [-0.2, 0) is 11.2 Å². The molecule has 1 fully saturated rings. The first-order chi connectivity index (χ1) is 13.1. The highest BCUT2D eigenvalue weighted by Gasteiger charge is 2.38. The molecular weight excluding hydrogens is 328 g/mol. The molecule has 1 saturated heterocycles. The quantitative estimate of drug-likeness (QED) is 0.403. The summed E-state index contributed by atoms with van der Waals surface area (Å²) in [7, 11) is 0. The molecule has 0 radical (unpaired) electrons. The van der Waals surface area contributed by atoms with Crippen molar-refractivity contribution in [2.45, 2.75) is 47.0 Å². The molecule has 144 valence electrons. The minimum absolute atomic E-state index is 0. The molecule has 2 aromatic rings. The number of allylic oxidation sites excluding steroid dienone is 1. The van der Waals surface area contributed by atoms with Gasteiger partial charge in [0.1, 0.15) is 0 Å². The highest BCUT2D eigenvalue weighted by Crippen LogP contribution is 2.38. The lowest BCUT2D eigenvalue weighted by molar-refractivity contribution is -0.109. The van der Waals surface area contributed by atoms with E-state index in [9.17, 15) is 0 Å². The molecule has 0 spiro atoms. The second-order valence-corrected chi connectivity index (χ2v) is 7.23. The predicted molar refractivity (Wildman–Crippen MR) is 119 cm³/mol. The van der Waals surface area contributed by atoms with Gasteiger partial charge in [-0.1, -0.05) is 80.1 Å². The van der Waals surface area contributed by atoms with Crippen LogP contribution in [0.4, 0.5) is 0 Å². The van der Waals surface area contributed by atoms with Crippen molar-refractivity contribution in [3.05, 3.63) is 71.8 Å². The van der Waals surface area contributed by atoms with Crippen LogP contribution in [0.25, 0.3) is 11.1 Å². The van der Waals surface area contributed by atoms with Gasteiger partial charge in [0.15, 0.2) is 0 Å². The summed E-state index contributed by atoms with van der Waals surface area (Å²) < 4.78 is 5.49. The minimum Gasteiger partial charge on any atom is -0.380 e. The molecule has 0 unspecified atom stereocenters. The Hall–Kier alpha value is -2.30. The normalized spacial score (nSPS) is 14.1. The molecule has 27 heavy (non-hydrogen) atoms. The largest absolute Gasteiger partial charge is 0.380 e. The minimum atomic E-state index is 0. The van der Waals surface area contributed by atoms with E-state index < -0.39 is 0 Å². The van der Waals surface area contributed by atoms with E-state index in [0.717, 1.165) is 32.5 Å². The van der Waals surface area contributed by atoms with Gasteiger partial charge in [0.25, 0.3) is 0 Å². The second kappa shape index (κ2) is 10.1. The fraction of sp³-hybridized carbons (Fsp3) is 0.385. The van der Waals surface area contributed by atoms with E-state index in [-0.39, 0.29) is 6.84 Å². The number of ether oxygens (including phenoxy) is 1. The molecule has 0 saturated carbocycles. The third kappa shape index (κ3) is 5.59. The van der Waals surface area contributed by atoms with Crippen LogP contribution >= 0.6 is 0 Å². The van der Waals surface area contributed by atoms with Gasteiger partial charge in [-0.15, -0.1) is 11.8 Å². The lowest BCUT2D eigenvalue weighted by Crippen LogP contribution is -2.42. The van der Waals surface area contributed by atoms with Crippen LogP contribution in [0.15, 0.2) is 60.7 Å². The number of hydrogen-bond acceptors (Lipinski definition) is 1. The molecule has 1 aliphatic rings. The number of benzene rings is 2. The first-order valence-corrected chi connectivity index (χ1v) is 9.91. The Balaban J connectivity index is 0.00000127. The van der Waals surface area contributed by atoms with Crippen molar-refractivity contribution < 1.29 is 6.16 Å².